The van der Waals surface area contributed by atoms with E-state index in [0.29, 0.717) is 23.0 Å². The van der Waals surface area contributed by atoms with Gasteiger partial charge in [-0.2, -0.15) is 8.78 Å². The van der Waals surface area contributed by atoms with Crippen molar-refractivity contribution < 1.29 is 17.9 Å². The highest BCUT2D eigenvalue weighted by Crippen LogP contribution is 2.31. The summed E-state index contributed by atoms with van der Waals surface area (Å²) in [7, 11) is 0. The Bertz CT molecular complexity index is 1110. The fraction of sp³-hybridized carbons (Fsp3) is 0.182. The summed E-state index contributed by atoms with van der Waals surface area (Å²) in [5.74, 6) is 2.06. The maximum Gasteiger partial charge on any atom is 0.387 e. The number of hydrogen-bond acceptors (Lipinski definition) is 5. The lowest BCUT2D eigenvalue weighted by Crippen LogP contribution is -2.05. The number of halogens is 2. The molecule has 0 bridgehead atoms. The Hall–Kier alpha value is -3.13. The average molecular weight is 427 g/mol. The first-order valence-corrected chi connectivity index (χ1v) is 10.3. The monoisotopic (exact) mass is 427 g/mol. The van der Waals surface area contributed by atoms with Gasteiger partial charge >= 0.3 is 6.61 Å². The van der Waals surface area contributed by atoms with Crippen LogP contribution < -0.4 is 4.74 Å². The number of ether oxygens (including phenoxy) is 1. The van der Waals surface area contributed by atoms with Crippen LogP contribution in [0.3, 0.4) is 0 Å². The SMILES string of the molecule is Cc1cccc(-c2nnc(SCc3ccccc3OC(F)F)n2Cc2ccco2)c1. The van der Waals surface area contributed by atoms with Crippen LogP contribution in [0, 0.1) is 6.92 Å². The molecular weight excluding hydrogens is 408 g/mol. The molecule has 0 saturated heterocycles. The molecule has 0 saturated carbocycles. The summed E-state index contributed by atoms with van der Waals surface area (Å²) >= 11 is 1.41. The van der Waals surface area contributed by atoms with Gasteiger partial charge in [-0.05, 0) is 31.2 Å². The van der Waals surface area contributed by atoms with Crippen LogP contribution in [0.25, 0.3) is 11.4 Å². The maximum absolute atomic E-state index is 12.7. The molecule has 0 radical (unpaired) electrons. The van der Waals surface area contributed by atoms with E-state index in [4.69, 9.17) is 4.42 Å². The second kappa shape index (κ2) is 9.13. The topological polar surface area (TPSA) is 53.1 Å². The van der Waals surface area contributed by atoms with Crippen LogP contribution in [0.5, 0.6) is 5.75 Å². The van der Waals surface area contributed by atoms with Crippen molar-refractivity contribution in [1.82, 2.24) is 14.8 Å². The van der Waals surface area contributed by atoms with E-state index in [1.54, 1.807) is 24.5 Å². The van der Waals surface area contributed by atoms with Gasteiger partial charge in [-0.3, -0.25) is 4.57 Å². The highest BCUT2D eigenvalue weighted by atomic mass is 32.2. The van der Waals surface area contributed by atoms with Gasteiger partial charge < -0.3 is 9.15 Å². The standard InChI is InChI=1S/C22H19F2N3O2S/c1-15-6-4-8-16(12-15)20-25-26-22(27(20)13-18-9-5-11-28-18)30-14-17-7-2-3-10-19(17)29-21(23)24/h2-12,21H,13-14H2,1H3. The van der Waals surface area contributed by atoms with Crippen molar-refractivity contribution >= 4 is 11.8 Å². The molecule has 0 unspecified atom stereocenters. The van der Waals surface area contributed by atoms with Crippen molar-refractivity contribution in [2.45, 2.75) is 31.0 Å². The molecule has 0 aliphatic rings. The van der Waals surface area contributed by atoms with E-state index >= 15 is 0 Å². The molecule has 4 rings (SSSR count). The van der Waals surface area contributed by atoms with Gasteiger partial charge in [-0.1, -0.05) is 53.7 Å². The summed E-state index contributed by atoms with van der Waals surface area (Å²) in [6.45, 7) is -0.390. The van der Waals surface area contributed by atoms with Crippen molar-refractivity contribution in [3.63, 3.8) is 0 Å². The minimum absolute atomic E-state index is 0.163. The third-order valence-electron chi connectivity index (χ3n) is 4.43. The van der Waals surface area contributed by atoms with E-state index in [0.717, 1.165) is 22.7 Å². The van der Waals surface area contributed by atoms with Gasteiger partial charge in [-0.25, -0.2) is 0 Å². The Kier molecular flexibility index (Phi) is 6.13. The number of nitrogens with zero attached hydrogens (tertiary/aromatic N) is 3. The average Bonchev–Trinajstić information content (AvgIpc) is 3.37. The predicted octanol–water partition coefficient (Wildman–Crippen LogP) is 5.79. The molecule has 2 aromatic heterocycles. The van der Waals surface area contributed by atoms with Gasteiger partial charge in [0, 0.05) is 16.9 Å². The molecule has 0 aliphatic carbocycles. The zero-order valence-electron chi connectivity index (χ0n) is 16.2. The van der Waals surface area contributed by atoms with Crippen LogP contribution in [-0.2, 0) is 12.3 Å². The smallest absolute Gasteiger partial charge is 0.387 e. The van der Waals surface area contributed by atoms with Crippen LogP contribution in [0.1, 0.15) is 16.9 Å². The lowest BCUT2D eigenvalue weighted by atomic mass is 10.1. The number of hydrogen-bond donors (Lipinski definition) is 0. The quantitative estimate of drug-likeness (QED) is 0.333. The van der Waals surface area contributed by atoms with Crippen molar-refractivity contribution in [3.8, 4) is 17.1 Å². The summed E-state index contributed by atoms with van der Waals surface area (Å²) < 4.78 is 37.5. The number of aryl methyl sites for hydroxylation is 1. The third kappa shape index (κ3) is 4.71. The summed E-state index contributed by atoms with van der Waals surface area (Å²) in [6.07, 6.45) is 1.62. The van der Waals surface area contributed by atoms with Crippen LogP contribution >= 0.6 is 11.8 Å². The Labute approximate surface area is 176 Å². The summed E-state index contributed by atoms with van der Waals surface area (Å²) in [6, 6.07) is 18.5. The molecule has 154 valence electrons. The zero-order valence-corrected chi connectivity index (χ0v) is 17.0. The van der Waals surface area contributed by atoms with Crippen molar-refractivity contribution in [3.05, 3.63) is 83.8 Å². The molecule has 0 atom stereocenters. The Morgan fingerprint density at radius 1 is 1.07 bits per heavy atom. The number of furan rings is 1. The molecule has 8 heteroatoms. The largest absolute Gasteiger partial charge is 0.467 e. The Morgan fingerprint density at radius 3 is 2.70 bits per heavy atom. The second-order valence-electron chi connectivity index (χ2n) is 6.62. The molecule has 2 heterocycles. The van der Waals surface area contributed by atoms with Crippen molar-refractivity contribution in [1.29, 1.82) is 0 Å². The van der Waals surface area contributed by atoms with Gasteiger partial charge in [0.05, 0.1) is 12.8 Å². The summed E-state index contributed by atoms with van der Waals surface area (Å²) in [4.78, 5) is 0. The van der Waals surface area contributed by atoms with Crippen LogP contribution in [0.15, 0.2) is 76.5 Å². The highest BCUT2D eigenvalue weighted by Gasteiger charge is 2.17. The van der Waals surface area contributed by atoms with Gasteiger partial charge in [-0.15, -0.1) is 10.2 Å². The molecule has 2 aromatic carbocycles. The molecule has 30 heavy (non-hydrogen) atoms. The minimum Gasteiger partial charge on any atom is -0.467 e. The minimum atomic E-state index is -2.87. The molecule has 0 amide bonds. The van der Waals surface area contributed by atoms with E-state index in [2.05, 4.69) is 14.9 Å². The van der Waals surface area contributed by atoms with E-state index in [-0.39, 0.29) is 5.75 Å². The molecule has 0 spiro atoms. The van der Waals surface area contributed by atoms with Gasteiger partial charge in [0.2, 0.25) is 0 Å². The maximum atomic E-state index is 12.7. The summed E-state index contributed by atoms with van der Waals surface area (Å²) in [5.41, 5.74) is 2.72. The molecule has 5 nitrogen and oxygen atoms in total. The number of aromatic nitrogens is 3. The highest BCUT2D eigenvalue weighted by molar-refractivity contribution is 7.98. The lowest BCUT2D eigenvalue weighted by molar-refractivity contribution is -0.0503. The Morgan fingerprint density at radius 2 is 1.93 bits per heavy atom. The third-order valence-corrected chi connectivity index (χ3v) is 5.45. The normalized spacial score (nSPS) is 11.2. The second-order valence-corrected chi connectivity index (χ2v) is 7.56. The number of para-hydroxylation sites is 1. The fourth-order valence-electron chi connectivity index (χ4n) is 3.07. The number of benzene rings is 2. The molecule has 0 aliphatic heterocycles. The molecule has 0 N–H and O–H groups in total. The van der Waals surface area contributed by atoms with E-state index in [1.165, 1.54) is 17.8 Å². The summed E-state index contributed by atoms with van der Waals surface area (Å²) in [5, 5.41) is 9.41. The number of thioether (sulfide) groups is 1. The zero-order chi connectivity index (χ0) is 20.9. The van der Waals surface area contributed by atoms with Crippen molar-refractivity contribution in [2.75, 3.05) is 0 Å². The first-order chi connectivity index (χ1) is 14.6. The van der Waals surface area contributed by atoms with E-state index in [1.807, 2.05) is 47.9 Å². The predicted molar refractivity (Wildman–Crippen MR) is 111 cm³/mol. The van der Waals surface area contributed by atoms with E-state index < -0.39 is 6.61 Å². The van der Waals surface area contributed by atoms with Crippen LogP contribution in [-0.4, -0.2) is 21.4 Å². The lowest BCUT2D eigenvalue weighted by Gasteiger charge is -2.11. The first-order valence-electron chi connectivity index (χ1n) is 9.28. The van der Waals surface area contributed by atoms with Gasteiger partial charge in [0.15, 0.2) is 11.0 Å². The molecule has 0 fully saturated rings. The number of rotatable bonds is 8. The van der Waals surface area contributed by atoms with Crippen LogP contribution in [0.4, 0.5) is 8.78 Å². The molecule has 4 aromatic rings. The Balaban J connectivity index is 1.63. The van der Waals surface area contributed by atoms with Gasteiger partial charge in [0.1, 0.15) is 11.5 Å². The number of alkyl halides is 2. The first kappa shape index (κ1) is 20.2. The van der Waals surface area contributed by atoms with Gasteiger partial charge in [0.25, 0.3) is 0 Å². The molecular formula is C22H19F2N3O2S. The van der Waals surface area contributed by atoms with E-state index in [9.17, 15) is 8.78 Å². The van der Waals surface area contributed by atoms with Crippen LogP contribution in [0.2, 0.25) is 0 Å². The van der Waals surface area contributed by atoms with Crippen molar-refractivity contribution in [2.24, 2.45) is 0 Å². The fourth-order valence-corrected chi connectivity index (χ4v) is 4.00.